The SMILES string of the molecule is CC(C)(C)c1ccc2c(c1)C1(c3ccccc3-c3ccc(Nc4cc5ccccc5c5c4sc4ccccc45)cc31)c1cc(C(C)(C)C)ccc1-2. The summed E-state index contributed by atoms with van der Waals surface area (Å²) in [6, 6.07) is 50.8. The van der Waals surface area contributed by atoms with E-state index in [0.29, 0.717) is 0 Å². The molecule has 1 nitrogen and oxygen atoms in total. The molecule has 10 rings (SSSR count). The van der Waals surface area contributed by atoms with Crippen molar-refractivity contribution in [2.24, 2.45) is 0 Å². The minimum Gasteiger partial charge on any atom is -0.354 e. The van der Waals surface area contributed by atoms with Crippen molar-refractivity contribution in [2.45, 2.75) is 57.8 Å². The third-order valence-electron chi connectivity index (χ3n) is 11.6. The number of hydrogen-bond donors (Lipinski definition) is 1. The highest BCUT2D eigenvalue weighted by atomic mass is 32.1. The van der Waals surface area contributed by atoms with E-state index in [4.69, 9.17) is 0 Å². The monoisotopic (exact) mass is 675 g/mol. The summed E-state index contributed by atoms with van der Waals surface area (Å²) in [5, 5.41) is 9.21. The lowest BCUT2D eigenvalue weighted by Gasteiger charge is -2.33. The Morgan fingerprint density at radius 3 is 1.73 bits per heavy atom. The molecule has 0 bridgehead atoms. The van der Waals surface area contributed by atoms with Crippen molar-refractivity contribution in [3.63, 3.8) is 0 Å². The van der Waals surface area contributed by atoms with E-state index in [9.17, 15) is 0 Å². The van der Waals surface area contributed by atoms with Crippen LogP contribution in [-0.2, 0) is 16.2 Å². The summed E-state index contributed by atoms with van der Waals surface area (Å²) >= 11 is 1.88. The lowest BCUT2D eigenvalue weighted by molar-refractivity contribution is 0.586. The molecular weight excluding hydrogens is 635 g/mol. The third kappa shape index (κ3) is 4.26. The summed E-state index contributed by atoms with van der Waals surface area (Å²) in [6.07, 6.45) is 0. The lowest BCUT2D eigenvalue weighted by atomic mass is 9.68. The number of nitrogens with one attached hydrogen (secondary N) is 1. The van der Waals surface area contributed by atoms with Crippen LogP contribution in [0.15, 0.2) is 133 Å². The molecule has 51 heavy (non-hydrogen) atoms. The second-order valence-electron chi connectivity index (χ2n) is 16.6. The van der Waals surface area contributed by atoms with E-state index >= 15 is 0 Å². The van der Waals surface area contributed by atoms with Gasteiger partial charge in [-0.05, 0) is 102 Å². The van der Waals surface area contributed by atoms with Crippen LogP contribution >= 0.6 is 11.3 Å². The lowest BCUT2D eigenvalue weighted by Crippen LogP contribution is -2.27. The van der Waals surface area contributed by atoms with Gasteiger partial charge in [-0.25, -0.2) is 0 Å². The molecule has 1 spiro atoms. The smallest absolute Gasteiger partial charge is 0.0726 e. The zero-order valence-electron chi connectivity index (χ0n) is 30.1. The van der Waals surface area contributed by atoms with E-state index in [1.54, 1.807) is 0 Å². The molecule has 2 aliphatic rings. The molecule has 248 valence electrons. The van der Waals surface area contributed by atoms with Crippen LogP contribution < -0.4 is 5.32 Å². The number of fused-ring (bicyclic) bond motifs is 15. The van der Waals surface area contributed by atoms with Gasteiger partial charge in [0.25, 0.3) is 0 Å². The third-order valence-corrected chi connectivity index (χ3v) is 12.8. The van der Waals surface area contributed by atoms with Crippen molar-refractivity contribution in [2.75, 3.05) is 5.32 Å². The fourth-order valence-corrected chi connectivity index (χ4v) is 10.2. The average molecular weight is 676 g/mol. The Kier molecular flexibility index (Phi) is 6.27. The van der Waals surface area contributed by atoms with Crippen LogP contribution in [0.5, 0.6) is 0 Å². The second kappa shape index (κ2) is 10.4. The number of thiophene rings is 1. The van der Waals surface area contributed by atoms with E-state index in [2.05, 4.69) is 180 Å². The molecule has 0 saturated carbocycles. The largest absolute Gasteiger partial charge is 0.354 e. The van der Waals surface area contributed by atoms with Crippen LogP contribution in [0.4, 0.5) is 11.4 Å². The normalized spacial score (nSPS) is 14.2. The average Bonchev–Trinajstić information content (AvgIpc) is 3.75. The highest BCUT2D eigenvalue weighted by Gasteiger charge is 2.52. The van der Waals surface area contributed by atoms with Gasteiger partial charge in [-0.1, -0.05) is 151 Å². The summed E-state index contributed by atoms with van der Waals surface area (Å²) < 4.78 is 2.62. The van der Waals surface area contributed by atoms with Gasteiger partial charge in [0.15, 0.2) is 0 Å². The molecule has 0 saturated heterocycles. The topological polar surface area (TPSA) is 12.0 Å². The summed E-state index contributed by atoms with van der Waals surface area (Å²) in [5.74, 6) is 0. The second-order valence-corrected chi connectivity index (χ2v) is 17.7. The van der Waals surface area contributed by atoms with Gasteiger partial charge in [0, 0.05) is 21.2 Å². The first-order chi connectivity index (χ1) is 24.5. The van der Waals surface area contributed by atoms with Crippen LogP contribution in [0.1, 0.15) is 74.9 Å². The van der Waals surface area contributed by atoms with E-state index in [0.717, 1.165) is 11.4 Å². The molecule has 1 N–H and O–H groups in total. The van der Waals surface area contributed by atoms with E-state index in [1.807, 2.05) is 11.3 Å². The highest BCUT2D eigenvalue weighted by Crippen LogP contribution is 2.64. The standard InChI is InChI=1S/C49H41NS/c1-47(2,3)30-19-22-35-36-23-20-31(48(4,5)6)27-41(36)49(40(35)26-30)39-17-11-9-15-34(39)37-24-21-32(28-42(37)49)50-43-25-29-13-7-8-14-33(29)45-38-16-10-12-18-44(38)51-46(43)45/h7-28,50H,1-6H3. The molecule has 2 aliphatic carbocycles. The van der Waals surface area contributed by atoms with E-state index in [1.165, 1.54) is 86.6 Å². The fourth-order valence-electron chi connectivity index (χ4n) is 9.02. The van der Waals surface area contributed by atoms with E-state index < -0.39 is 5.41 Å². The Balaban J connectivity index is 1.25. The molecule has 1 aromatic heterocycles. The Morgan fingerprint density at radius 2 is 1.04 bits per heavy atom. The number of benzene rings is 7. The summed E-state index contributed by atoms with van der Waals surface area (Å²) in [7, 11) is 0. The molecule has 1 heterocycles. The van der Waals surface area contributed by atoms with Gasteiger partial charge in [-0.2, -0.15) is 0 Å². The molecule has 0 amide bonds. The Labute approximate surface area is 304 Å². The van der Waals surface area contributed by atoms with Gasteiger partial charge < -0.3 is 5.32 Å². The van der Waals surface area contributed by atoms with Crippen LogP contribution in [0.2, 0.25) is 0 Å². The molecule has 7 aromatic carbocycles. The van der Waals surface area contributed by atoms with Crippen molar-refractivity contribution in [3.8, 4) is 22.3 Å². The minimum atomic E-state index is -0.423. The van der Waals surface area contributed by atoms with Crippen molar-refractivity contribution in [1.82, 2.24) is 0 Å². The van der Waals surface area contributed by atoms with Crippen LogP contribution in [0.3, 0.4) is 0 Å². The molecule has 0 atom stereocenters. The maximum Gasteiger partial charge on any atom is 0.0726 e. The van der Waals surface area contributed by atoms with Crippen LogP contribution in [0, 0.1) is 0 Å². The van der Waals surface area contributed by atoms with Crippen molar-refractivity contribution >= 4 is 53.7 Å². The van der Waals surface area contributed by atoms with Gasteiger partial charge >= 0.3 is 0 Å². The van der Waals surface area contributed by atoms with Gasteiger partial charge in [0.2, 0.25) is 0 Å². The van der Waals surface area contributed by atoms with Crippen molar-refractivity contribution < 1.29 is 0 Å². The quantitative estimate of drug-likeness (QED) is 0.192. The Morgan fingerprint density at radius 1 is 0.490 bits per heavy atom. The van der Waals surface area contributed by atoms with E-state index in [-0.39, 0.29) is 10.8 Å². The molecule has 8 aromatic rings. The van der Waals surface area contributed by atoms with Crippen molar-refractivity contribution in [1.29, 1.82) is 0 Å². The Hall–Kier alpha value is -5.18. The zero-order chi connectivity index (χ0) is 34.9. The van der Waals surface area contributed by atoms with Crippen LogP contribution in [-0.4, -0.2) is 0 Å². The Bertz CT molecular complexity index is 2680. The number of anilines is 2. The first-order valence-corrected chi connectivity index (χ1v) is 19.0. The predicted molar refractivity (Wildman–Crippen MR) is 220 cm³/mol. The van der Waals surface area contributed by atoms with Gasteiger partial charge in [-0.3, -0.25) is 0 Å². The maximum absolute atomic E-state index is 3.99. The summed E-state index contributed by atoms with van der Waals surface area (Å²) in [5.41, 5.74) is 15.5. The van der Waals surface area contributed by atoms with Gasteiger partial charge in [0.1, 0.15) is 0 Å². The molecular formula is C49H41NS. The predicted octanol–water partition coefficient (Wildman–Crippen LogP) is 13.9. The minimum absolute atomic E-state index is 0.0254. The zero-order valence-corrected chi connectivity index (χ0v) is 30.9. The molecule has 0 radical (unpaired) electrons. The molecule has 0 fully saturated rings. The molecule has 0 aliphatic heterocycles. The first-order valence-electron chi connectivity index (χ1n) is 18.2. The van der Waals surface area contributed by atoms with Gasteiger partial charge in [-0.15, -0.1) is 11.3 Å². The highest BCUT2D eigenvalue weighted by molar-refractivity contribution is 7.26. The number of rotatable bonds is 2. The fraction of sp³-hybridized carbons (Fsp3) is 0.184. The molecule has 0 unspecified atom stereocenters. The van der Waals surface area contributed by atoms with Crippen molar-refractivity contribution in [3.05, 3.63) is 167 Å². The first kappa shape index (κ1) is 30.6. The van der Waals surface area contributed by atoms with Gasteiger partial charge in [0.05, 0.1) is 15.8 Å². The van der Waals surface area contributed by atoms with Crippen LogP contribution in [0.25, 0.3) is 53.2 Å². The number of hydrogen-bond acceptors (Lipinski definition) is 2. The maximum atomic E-state index is 3.99. The summed E-state index contributed by atoms with van der Waals surface area (Å²) in [6.45, 7) is 14.0. The summed E-state index contributed by atoms with van der Waals surface area (Å²) in [4.78, 5) is 0. The molecule has 2 heteroatoms.